The average Bonchev–Trinajstić information content (AvgIpc) is 2.36. The van der Waals surface area contributed by atoms with E-state index in [4.69, 9.17) is 39.4 Å². The molecule has 0 aliphatic rings. The second-order valence-corrected chi connectivity index (χ2v) is 4.48. The number of hydrogen-bond donors (Lipinski definition) is 3. The molecule has 9 heteroatoms. The van der Waals surface area contributed by atoms with Crippen LogP contribution in [-0.2, 0) is 14.4 Å². The van der Waals surface area contributed by atoms with Crippen molar-refractivity contribution < 1.29 is 19.1 Å². The fourth-order valence-electron chi connectivity index (χ4n) is 1.20. The summed E-state index contributed by atoms with van der Waals surface area (Å²) >= 11 is 11.5. The van der Waals surface area contributed by atoms with Crippen LogP contribution in [0.5, 0.6) is 5.75 Å². The molecule has 108 valence electrons. The van der Waals surface area contributed by atoms with E-state index in [0.29, 0.717) is 10.8 Å². The predicted octanol–water partition coefficient (Wildman–Crippen LogP) is -0.172. The lowest BCUT2D eigenvalue weighted by molar-refractivity contribution is -0.134. The zero-order chi connectivity index (χ0) is 15.3. The monoisotopic (exact) mass is 319 g/mol. The largest absolute Gasteiger partial charge is 0.484 e. The van der Waals surface area contributed by atoms with E-state index in [1.165, 1.54) is 18.2 Å². The van der Waals surface area contributed by atoms with Crippen molar-refractivity contribution in [1.82, 2.24) is 5.32 Å². The first-order valence-electron chi connectivity index (χ1n) is 5.27. The van der Waals surface area contributed by atoms with Gasteiger partial charge in [0.05, 0.1) is 10.0 Å². The molecule has 0 fully saturated rings. The molecule has 20 heavy (non-hydrogen) atoms. The number of nitrogens with one attached hydrogen (secondary N) is 1. The third-order valence-corrected chi connectivity index (χ3v) is 2.87. The van der Waals surface area contributed by atoms with Crippen molar-refractivity contribution >= 4 is 40.9 Å². The first-order valence-corrected chi connectivity index (χ1v) is 6.02. The molecule has 0 aliphatic heterocycles. The Balaban J connectivity index is 2.56. The van der Waals surface area contributed by atoms with E-state index in [-0.39, 0.29) is 5.02 Å². The Bertz CT molecular complexity index is 536. The number of rotatable bonds is 6. The van der Waals surface area contributed by atoms with Crippen LogP contribution in [0.25, 0.3) is 0 Å². The van der Waals surface area contributed by atoms with Crippen LogP contribution >= 0.6 is 23.2 Å². The third kappa shape index (κ3) is 4.60. The number of hydrogen-bond acceptors (Lipinski definition) is 4. The summed E-state index contributed by atoms with van der Waals surface area (Å²) in [5.74, 6) is -2.55. The summed E-state index contributed by atoms with van der Waals surface area (Å²) in [5.41, 5.74) is 9.80. The standard InChI is InChI=1S/C11H11Cl2N3O4/c12-6-2-1-5(3-7(6)13)20-4-8(17)16-9(10(14)18)11(15)19/h1-3,9H,4H2,(H2,14,18)(H2,15,19)(H,16,17). The van der Waals surface area contributed by atoms with Gasteiger partial charge in [-0.1, -0.05) is 23.2 Å². The van der Waals surface area contributed by atoms with E-state index >= 15 is 0 Å². The number of ether oxygens (including phenoxy) is 1. The van der Waals surface area contributed by atoms with Crippen LogP contribution in [0.1, 0.15) is 0 Å². The molecule has 0 aliphatic carbocycles. The topological polar surface area (TPSA) is 125 Å². The van der Waals surface area contributed by atoms with E-state index in [9.17, 15) is 14.4 Å². The molecule has 0 spiro atoms. The smallest absolute Gasteiger partial charge is 0.258 e. The second-order valence-electron chi connectivity index (χ2n) is 3.67. The van der Waals surface area contributed by atoms with E-state index < -0.39 is 30.4 Å². The quantitative estimate of drug-likeness (QED) is 0.629. The molecule has 0 atom stereocenters. The van der Waals surface area contributed by atoms with Gasteiger partial charge < -0.3 is 21.5 Å². The molecule has 0 saturated heterocycles. The molecule has 1 rings (SSSR count). The van der Waals surface area contributed by atoms with Crippen LogP contribution in [0.3, 0.4) is 0 Å². The molecule has 0 heterocycles. The summed E-state index contributed by atoms with van der Waals surface area (Å²) in [6.07, 6.45) is 0. The maximum atomic E-state index is 11.5. The van der Waals surface area contributed by atoms with Gasteiger partial charge in [-0.15, -0.1) is 0 Å². The molecule has 0 aromatic heterocycles. The number of amides is 3. The molecule has 0 radical (unpaired) electrons. The molecule has 1 aromatic rings. The number of carbonyl (C=O) groups excluding carboxylic acids is 3. The lowest BCUT2D eigenvalue weighted by Crippen LogP contribution is -2.53. The van der Waals surface area contributed by atoms with Gasteiger partial charge in [0.2, 0.25) is 11.8 Å². The van der Waals surface area contributed by atoms with Crippen LogP contribution in [0, 0.1) is 0 Å². The minimum absolute atomic E-state index is 0.261. The van der Waals surface area contributed by atoms with Gasteiger partial charge >= 0.3 is 0 Å². The highest BCUT2D eigenvalue weighted by atomic mass is 35.5. The minimum Gasteiger partial charge on any atom is -0.484 e. The lowest BCUT2D eigenvalue weighted by atomic mass is 10.2. The molecule has 5 N–H and O–H groups in total. The van der Waals surface area contributed by atoms with Gasteiger partial charge in [-0.2, -0.15) is 0 Å². The Kier molecular flexibility index (Phi) is 5.60. The summed E-state index contributed by atoms with van der Waals surface area (Å²) in [4.78, 5) is 33.2. The van der Waals surface area contributed by atoms with Crippen molar-refractivity contribution in [3.05, 3.63) is 28.2 Å². The van der Waals surface area contributed by atoms with Gasteiger partial charge in [0.15, 0.2) is 12.6 Å². The summed E-state index contributed by atoms with van der Waals surface area (Å²) in [5, 5.41) is 2.64. The Hall–Kier alpha value is -1.99. The molecule has 3 amide bonds. The van der Waals surface area contributed by atoms with Crippen molar-refractivity contribution in [2.45, 2.75) is 6.04 Å². The van der Waals surface area contributed by atoms with Gasteiger partial charge in [-0.05, 0) is 12.1 Å². The second kappa shape index (κ2) is 6.97. The fourth-order valence-corrected chi connectivity index (χ4v) is 1.49. The Morgan fingerprint density at radius 2 is 1.75 bits per heavy atom. The molecule has 0 bridgehead atoms. The number of carbonyl (C=O) groups is 3. The molecular weight excluding hydrogens is 309 g/mol. The van der Waals surface area contributed by atoms with Gasteiger partial charge in [0, 0.05) is 6.07 Å². The molecule has 7 nitrogen and oxygen atoms in total. The highest BCUT2D eigenvalue weighted by Crippen LogP contribution is 2.26. The summed E-state index contributed by atoms with van der Waals surface area (Å²) in [6, 6.07) is 2.82. The Morgan fingerprint density at radius 1 is 1.15 bits per heavy atom. The number of nitrogens with two attached hydrogens (primary N) is 2. The molecule has 1 aromatic carbocycles. The van der Waals surface area contributed by atoms with E-state index in [1.807, 2.05) is 5.32 Å². The van der Waals surface area contributed by atoms with Gasteiger partial charge in [0.1, 0.15) is 5.75 Å². The number of primary amides is 2. The summed E-state index contributed by atoms with van der Waals surface area (Å²) in [6.45, 7) is -0.449. The first-order chi connectivity index (χ1) is 9.31. The average molecular weight is 320 g/mol. The van der Waals surface area contributed by atoms with Crippen molar-refractivity contribution in [3.63, 3.8) is 0 Å². The SMILES string of the molecule is NC(=O)C(NC(=O)COc1ccc(Cl)c(Cl)c1)C(N)=O. The van der Waals surface area contributed by atoms with Crippen molar-refractivity contribution in [2.75, 3.05) is 6.61 Å². The summed E-state index contributed by atoms with van der Waals surface area (Å²) in [7, 11) is 0. The van der Waals surface area contributed by atoms with Crippen LogP contribution in [0.2, 0.25) is 10.0 Å². The zero-order valence-corrected chi connectivity index (χ0v) is 11.6. The normalized spacial score (nSPS) is 10.2. The van der Waals surface area contributed by atoms with Gasteiger partial charge in [-0.3, -0.25) is 14.4 Å². The number of halogens is 2. The van der Waals surface area contributed by atoms with E-state index in [1.54, 1.807) is 0 Å². The molecular formula is C11H11Cl2N3O4. The van der Waals surface area contributed by atoms with Crippen molar-refractivity contribution in [1.29, 1.82) is 0 Å². The highest BCUT2D eigenvalue weighted by molar-refractivity contribution is 6.42. The predicted molar refractivity (Wildman–Crippen MR) is 72.3 cm³/mol. The van der Waals surface area contributed by atoms with Crippen molar-refractivity contribution in [2.24, 2.45) is 11.5 Å². The van der Waals surface area contributed by atoms with Crippen molar-refractivity contribution in [3.8, 4) is 5.75 Å². The van der Waals surface area contributed by atoms with Crippen LogP contribution in [0.15, 0.2) is 18.2 Å². The van der Waals surface area contributed by atoms with E-state index in [0.717, 1.165) is 0 Å². The van der Waals surface area contributed by atoms with Gasteiger partial charge in [0.25, 0.3) is 5.91 Å². The third-order valence-electron chi connectivity index (χ3n) is 2.14. The highest BCUT2D eigenvalue weighted by Gasteiger charge is 2.23. The minimum atomic E-state index is -1.58. The van der Waals surface area contributed by atoms with Crippen LogP contribution in [-0.4, -0.2) is 30.4 Å². The van der Waals surface area contributed by atoms with Gasteiger partial charge in [-0.25, -0.2) is 0 Å². The maximum absolute atomic E-state index is 11.5. The first kappa shape index (κ1) is 16.1. The van der Waals surface area contributed by atoms with E-state index in [2.05, 4.69) is 0 Å². The Morgan fingerprint density at radius 3 is 2.25 bits per heavy atom. The maximum Gasteiger partial charge on any atom is 0.258 e. The number of benzene rings is 1. The zero-order valence-electron chi connectivity index (χ0n) is 10.1. The molecule has 0 unspecified atom stereocenters. The van der Waals surface area contributed by atoms with Crippen LogP contribution < -0.4 is 21.5 Å². The fraction of sp³-hybridized carbons (Fsp3) is 0.182. The molecule has 0 saturated carbocycles. The summed E-state index contributed by atoms with van der Waals surface area (Å²) < 4.78 is 5.10. The lowest BCUT2D eigenvalue weighted by Gasteiger charge is -2.12. The van der Waals surface area contributed by atoms with Crippen LogP contribution in [0.4, 0.5) is 0 Å². The Labute approximate surface area is 124 Å².